The fourth-order valence-electron chi connectivity index (χ4n) is 4.79. The fraction of sp³-hybridized carbons (Fsp3) is 0.481. The normalized spacial score (nSPS) is 18.9. The standard InChI is InChI=1S/C27H32ClF4N5O2/c28-19-5-7-22(24(16-19)37-13-11-36(12-14-37)10-8-27(30,31)32)35-25(38)20-6-4-18(15-21(20)29)17-34-23-3-1-2-9-33-26(23)39/h4-7,15-16,23,34H,1-3,8-14,17H2,(H,33,39)(H,35,38)/t23-/m0/s1. The van der Waals surface area contributed by atoms with E-state index < -0.39 is 24.3 Å². The van der Waals surface area contributed by atoms with E-state index in [9.17, 15) is 27.2 Å². The van der Waals surface area contributed by atoms with Crippen molar-refractivity contribution in [3.05, 3.63) is 58.4 Å². The molecule has 0 aromatic heterocycles. The second-order valence-electron chi connectivity index (χ2n) is 9.84. The maximum atomic E-state index is 14.9. The van der Waals surface area contributed by atoms with Gasteiger partial charge in [-0.2, -0.15) is 13.2 Å². The van der Waals surface area contributed by atoms with E-state index in [4.69, 9.17) is 11.6 Å². The first-order chi connectivity index (χ1) is 18.6. The number of benzene rings is 2. The molecule has 0 radical (unpaired) electrons. The van der Waals surface area contributed by atoms with Gasteiger partial charge in [-0.3, -0.25) is 14.5 Å². The van der Waals surface area contributed by atoms with Crippen molar-refractivity contribution in [3.63, 3.8) is 0 Å². The van der Waals surface area contributed by atoms with Gasteiger partial charge in [0.2, 0.25) is 5.91 Å². The van der Waals surface area contributed by atoms with Crippen LogP contribution < -0.4 is 20.9 Å². The Kier molecular flexibility index (Phi) is 9.68. The number of amides is 2. The lowest BCUT2D eigenvalue weighted by Gasteiger charge is -2.37. The number of alkyl halides is 3. The summed E-state index contributed by atoms with van der Waals surface area (Å²) >= 11 is 6.20. The van der Waals surface area contributed by atoms with Crippen molar-refractivity contribution >= 4 is 34.8 Å². The van der Waals surface area contributed by atoms with Crippen LogP contribution in [0.2, 0.25) is 5.02 Å². The van der Waals surface area contributed by atoms with Crippen LogP contribution in [0.5, 0.6) is 0 Å². The van der Waals surface area contributed by atoms with Gasteiger partial charge in [0.15, 0.2) is 0 Å². The average molecular weight is 570 g/mol. The highest BCUT2D eigenvalue weighted by molar-refractivity contribution is 6.31. The van der Waals surface area contributed by atoms with Crippen LogP contribution in [0.25, 0.3) is 0 Å². The molecule has 3 N–H and O–H groups in total. The molecule has 1 atom stereocenters. The first kappa shape index (κ1) is 29.1. The molecule has 0 bridgehead atoms. The maximum Gasteiger partial charge on any atom is 0.390 e. The largest absolute Gasteiger partial charge is 0.390 e. The Morgan fingerprint density at radius 3 is 2.56 bits per heavy atom. The van der Waals surface area contributed by atoms with E-state index in [1.807, 2.05) is 4.90 Å². The summed E-state index contributed by atoms with van der Waals surface area (Å²) in [5.74, 6) is -1.39. The van der Waals surface area contributed by atoms with Gasteiger partial charge in [0, 0.05) is 50.8 Å². The minimum atomic E-state index is -4.20. The van der Waals surface area contributed by atoms with E-state index in [1.165, 1.54) is 12.1 Å². The maximum absolute atomic E-state index is 14.9. The molecule has 0 aliphatic carbocycles. The monoisotopic (exact) mass is 569 g/mol. The molecule has 2 amide bonds. The second kappa shape index (κ2) is 13.0. The van der Waals surface area contributed by atoms with E-state index in [1.54, 1.807) is 29.2 Å². The lowest BCUT2D eigenvalue weighted by atomic mass is 10.1. The highest BCUT2D eigenvalue weighted by Crippen LogP contribution is 2.31. The van der Waals surface area contributed by atoms with Crippen molar-refractivity contribution in [3.8, 4) is 0 Å². The Balaban J connectivity index is 1.38. The molecule has 2 heterocycles. The smallest absolute Gasteiger partial charge is 0.367 e. The number of nitrogens with one attached hydrogen (secondary N) is 3. The molecule has 7 nitrogen and oxygen atoms in total. The van der Waals surface area contributed by atoms with Gasteiger partial charge in [-0.1, -0.05) is 17.7 Å². The SMILES string of the molecule is O=C(Nc1ccc(Cl)cc1N1CCN(CCC(F)(F)F)CC1)c1ccc(CN[C@H]2CCCCNC2=O)cc1F. The summed E-state index contributed by atoms with van der Waals surface area (Å²) in [5.41, 5.74) is 1.52. The Morgan fingerprint density at radius 2 is 1.85 bits per heavy atom. The first-order valence-corrected chi connectivity index (χ1v) is 13.4. The van der Waals surface area contributed by atoms with Crippen LogP contribution in [0.1, 0.15) is 41.6 Å². The van der Waals surface area contributed by atoms with Gasteiger partial charge >= 0.3 is 6.18 Å². The van der Waals surface area contributed by atoms with Crippen LogP contribution in [-0.4, -0.2) is 68.2 Å². The highest BCUT2D eigenvalue weighted by Gasteiger charge is 2.29. The average Bonchev–Trinajstić information content (AvgIpc) is 3.10. The third-order valence-electron chi connectivity index (χ3n) is 7.00. The molecule has 12 heteroatoms. The number of rotatable bonds is 8. The summed E-state index contributed by atoms with van der Waals surface area (Å²) in [4.78, 5) is 28.8. The van der Waals surface area contributed by atoms with Crippen molar-refractivity contribution in [2.45, 2.75) is 44.4 Å². The van der Waals surface area contributed by atoms with Gasteiger partial charge in [0.25, 0.3) is 5.91 Å². The summed E-state index contributed by atoms with van der Waals surface area (Å²) in [5, 5.41) is 9.20. The summed E-state index contributed by atoms with van der Waals surface area (Å²) in [6.07, 6.45) is -2.50. The zero-order chi connectivity index (χ0) is 28.0. The number of hydrogen-bond acceptors (Lipinski definition) is 5. The zero-order valence-electron chi connectivity index (χ0n) is 21.4. The van der Waals surface area contributed by atoms with Gasteiger partial charge in [-0.05, 0) is 55.2 Å². The minimum Gasteiger partial charge on any atom is -0.367 e. The second-order valence-corrected chi connectivity index (χ2v) is 10.3. The predicted molar refractivity (Wildman–Crippen MR) is 143 cm³/mol. The highest BCUT2D eigenvalue weighted by atomic mass is 35.5. The lowest BCUT2D eigenvalue weighted by molar-refractivity contribution is -0.138. The van der Waals surface area contributed by atoms with E-state index in [0.717, 1.165) is 12.8 Å². The summed E-state index contributed by atoms with van der Waals surface area (Å²) in [6, 6.07) is 8.89. The van der Waals surface area contributed by atoms with E-state index in [2.05, 4.69) is 16.0 Å². The Labute approximate surface area is 229 Å². The number of piperazine rings is 1. The first-order valence-electron chi connectivity index (χ1n) is 13.0. The van der Waals surface area contributed by atoms with E-state index in [-0.39, 0.29) is 30.6 Å². The summed E-state index contributed by atoms with van der Waals surface area (Å²) in [7, 11) is 0. The number of halogens is 5. The molecule has 0 saturated carbocycles. The molecular formula is C27H32ClF4N5O2. The van der Waals surface area contributed by atoms with Gasteiger partial charge in [0.05, 0.1) is 29.4 Å². The third-order valence-corrected chi connectivity index (χ3v) is 7.23. The van der Waals surface area contributed by atoms with Crippen LogP contribution in [0.15, 0.2) is 36.4 Å². The molecule has 212 valence electrons. The quantitative estimate of drug-likeness (QED) is 0.406. The molecule has 4 rings (SSSR count). The summed E-state index contributed by atoms with van der Waals surface area (Å²) in [6.45, 7) is 2.66. The van der Waals surface area contributed by atoms with Gasteiger partial charge in [-0.15, -0.1) is 0 Å². The molecule has 2 aromatic rings. The van der Waals surface area contributed by atoms with Gasteiger partial charge in [0.1, 0.15) is 5.82 Å². The van der Waals surface area contributed by atoms with Crippen molar-refractivity contribution in [2.75, 3.05) is 49.5 Å². The molecule has 2 saturated heterocycles. The number of hydrogen-bond donors (Lipinski definition) is 3. The van der Waals surface area contributed by atoms with E-state index >= 15 is 0 Å². The number of anilines is 2. The summed E-state index contributed by atoms with van der Waals surface area (Å²) < 4.78 is 52.6. The molecule has 2 aromatic carbocycles. The third kappa shape index (κ3) is 8.30. The van der Waals surface area contributed by atoms with Crippen molar-refractivity contribution < 1.29 is 27.2 Å². The Bertz CT molecular complexity index is 1170. The fourth-order valence-corrected chi connectivity index (χ4v) is 4.95. The molecular weight excluding hydrogens is 538 g/mol. The molecule has 0 unspecified atom stereocenters. The Morgan fingerprint density at radius 1 is 1.08 bits per heavy atom. The predicted octanol–water partition coefficient (Wildman–Crippen LogP) is 4.56. The van der Waals surface area contributed by atoms with Gasteiger partial charge < -0.3 is 20.9 Å². The van der Waals surface area contributed by atoms with Crippen molar-refractivity contribution in [1.29, 1.82) is 0 Å². The molecule has 2 aliphatic heterocycles. The number of carbonyl (C=O) groups is 2. The molecule has 2 fully saturated rings. The van der Waals surface area contributed by atoms with E-state index in [0.29, 0.717) is 61.1 Å². The van der Waals surface area contributed by atoms with Crippen molar-refractivity contribution in [1.82, 2.24) is 15.5 Å². The van der Waals surface area contributed by atoms with Gasteiger partial charge in [-0.25, -0.2) is 4.39 Å². The van der Waals surface area contributed by atoms with Crippen LogP contribution in [0.3, 0.4) is 0 Å². The molecule has 0 spiro atoms. The Hall–Kier alpha value is -2.89. The minimum absolute atomic E-state index is 0.0604. The number of nitrogens with zero attached hydrogens (tertiary/aromatic N) is 2. The number of carbonyl (C=O) groups excluding carboxylic acids is 2. The lowest BCUT2D eigenvalue weighted by Crippen LogP contribution is -2.47. The topological polar surface area (TPSA) is 76.7 Å². The van der Waals surface area contributed by atoms with Crippen LogP contribution in [0, 0.1) is 5.82 Å². The molecule has 39 heavy (non-hydrogen) atoms. The molecule has 2 aliphatic rings. The zero-order valence-corrected chi connectivity index (χ0v) is 22.2. The van der Waals surface area contributed by atoms with Crippen molar-refractivity contribution in [2.24, 2.45) is 0 Å². The van der Waals surface area contributed by atoms with Crippen LogP contribution in [-0.2, 0) is 11.3 Å². The van der Waals surface area contributed by atoms with Crippen LogP contribution in [0.4, 0.5) is 28.9 Å². The van der Waals surface area contributed by atoms with Crippen LogP contribution >= 0.6 is 11.6 Å².